The van der Waals surface area contributed by atoms with Gasteiger partial charge in [-0.1, -0.05) is 33.1 Å². The molecule has 0 aliphatic heterocycles. The second kappa shape index (κ2) is 7.58. The molecule has 2 N–H and O–H groups in total. The molecule has 0 aromatic heterocycles. The summed E-state index contributed by atoms with van der Waals surface area (Å²) in [5.41, 5.74) is 1.15. The Kier molecular flexibility index (Phi) is 7.21. The normalized spacial score (nSPS) is 12.0. The van der Waals surface area contributed by atoms with Crippen molar-refractivity contribution in [2.45, 2.75) is 52.4 Å². The maximum absolute atomic E-state index is 5.19. The summed E-state index contributed by atoms with van der Waals surface area (Å²) in [6, 6.07) is 0. The topological polar surface area (TPSA) is 38.4 Å². The van der Waals surface area contributed by atoms with E-state index in [9.17, 15) is 0 Å². The monoisotopic (exact) mass is 156 g/mol. The minimum Gasteiger partial charge on any atom is -0.323 e. The van der Waals surface area contributed by atoms with Gasteiger partial charge < -0.3 is 5.84 Å². The summed E-state index contributed by atoms with van der Waals surface area (Å²) in [4.78, 5) is 0. The van der Waals surface area contributed by atoms with Crippen molar-refractivity contribution < 1.29 is 0 Å². The van der Waals surface area contributed by atoms with Gasteiger partial charge in [-0.25, -0.2) is 0 Å². The molecular weight excluding hydrogens is 136 g/mol. The lowest BCUT2D eigenvalue weighted by molar-refractivity contribution is 0.680. The molecule has 0 bridgehead atoms. The Bertz CT molecular complexity index is 108. The summed E-state index contributed by atoms with van der Waals surface area (Å²) in [6.45, 7) is 4.32. The van der Waals surface area contributed by atoms with Gasteiger partial charge in [0.15, 0.2) is 0 Å². The Hall–Kier alpha value is -0.530. The molecule has 0 spiro atoms. The van der Waals surface area contributed by atoms with Gasteiger partial charge in [-0.3, -0.25) is 0 Å². The predicted octanol–water partition coefficient (Wildman–Crippen LogP) is 2.68. The Balaban J connectivity index is 3.22. The van der Waals surface area contributed by atoms with Gasteiger partial charge in [-0.05, 0) is 19.3 Å². The molecule has 0 unspecified atom stereocenters. The Labute approximate surface area is 69.9 Å². The molecule has 0 heterocycles. The van der Waals surface area contributed by atoms with E-state index in [1.165, 1.54) is 25.7 Å². The van der Waals surface area contributed by atoms with Gasteiger partial charge >= 0.3 is 0 Å². The molecule has 0 saturated carbocycles. The molecule has 11 heavy (non-hydrogen) atoms. The summed E-state index contributed by atoms with van der Waals surface area (Å²) < 4.78 is 0. The van der Waals surface area contributed by atoms with Crippen LogP contribution in [0.5, 0.6) is 0 Å². The third-order valence-corrected chi connectivity index (χ3v) is 1.91. The van der Waals surface area contributed by atoms with Crippen LogP contribution in [0, 0.1) is 0 Å². The van der Waals surface area contributed by atoms with Crippen LogP contribution in [0.2, 0.25) is 0 Å². The molecule has 0 fully saturated rings. The van der Waals surface area contributed by atoms with E-state index in [4.69, 9.17) is 5.84 Å². The quantitative estimate of drug-likeness (QED) is 0.273. The number of nitrogens with two attached hydrogens (primary N) is 1. The molecule has 2 heteroatoms. The van der Waals surface area contributed by atoms with E-state index in [-0.39, 0.29) is 0 Å². The van der Waals surface area contributed by atoms with Gasteiger partial charge in [-0.2, -0.15) is 5.10 Å². The van der Waals surface area contributed by atoms with Gasteiger partial charge in [0.25, 0.3) is 0 Å². The summed E-state index contributed by atoms with van der Waals surface area (Å²) in [5.74, 6) is 5.19. The van der Waals surface area contributed by atoms with E-state index in [2.05, 4.69) is 18.9 Å². The summed E-state index contributed by atoms with van der Waals surface area (Å²) in [5, 5.41) is 3.72. The molecule has 0 rings (SSSR count). The van der Waals surface area contributed by atoms with Gasteiger partial charge in [0.2, 0.25) is 0 Å². The summed E-state index contributed by atoms with van der Waals surface area (Å²) >= 11 is 0. The van der Waals surface area contributed by atoms with Crippen LogP contribution in [-0.4, -0.2) is 5.71 Å². The number of unbranched alkanes of at least 4 members (excludes halogenated alkanes) is 3. The highest BCUT2D eigenvalue weighted by Crippen LogP contribution is 2.04. The highest BCUT2D eigenvalue weighted by molar-refractivity contribution is 5.83. The van der Waals surface area contributed by atoms with Crippen molar-refractivity contribution in [2.75, 3.05) is 0 Å². The van der Waals surface area contributed by atoms with Crippen LogP contribution < -0.4 is 5.84 Å². The molecule has 0 aromatic carbocycles. The van der Waals surface area contributed by atoms with Gasteiger partial charge in [0.1, 0.15) is 0 Å². The van der Waals surface area contributed by atoms with Crippen molar-refractivity contribution in [3.05, 3.63) is 0 Å². The number of hydrazone groups is 1. The van der Waals surface area contributed by atoms with E-state index >= 15 is 0 Å². The Morgan fingerprint density at radius 3 is 2.36 bits per heavy atom. The lowest BCUT2D eigenvalue weighted by atomic mass is 10.1. The maximum Gasteiger partial charge on any atom is 0.0373 e. The zero-order valence-electron chi connectivity index (χ0n) is 7.77. The minimum absolute atomic E-state index is 1.00. The molecule has 0 aliphatic rings. The second-order valence-electron chi connectivity index (χ2n) is 2.86. The van der Waals surface area contributed by atoms with Crippen LogP contribution in [0.15, 0.2) is 5.10 Å². The molecular formula is C9H20N2. The first-order valence-electron chi connectivity index (χ1n) is 4.60. The van der Waals surface area contributed by atoms with Crippen LogP contribution in [0.25, 0.3) is 0 Å². The lowest BCUT2D eigenvalue weighted by Crippen LogP contribution is -1.99. The van der Waals surface area contributed by atoms with Crippen LogP contribution in [0.3, 0.4) is 0 Å². The fraction of sp³-hybridized carbons (Fsp3) is 0.889. The maximum atomic E-state index is 5.19. The van der Waals surface area contributed by atoms with E-state index in [1.54, 1.807) is 0 Å². The number of rotatable bonds is 6. The molecule has 2 nitrogen and oxygen atoms in total. The second-order valence-corrected chi connectivity index (χ2v) is 2.86. The Morgan fingerprint density at radius 1 is 1.18 bits per heavy atom. The first-order chi connectivity index (χ1) is 5.35. The molecule has 0 amide bonds. The SMILES string of the molecule is CCCCCCC(CC)=NN. The van der Waals surface area contributed by atoms with Gasteiger partial charge in [0.05, 0.1) is 0 Å². The average molecular weight is 156 g/mol. The zero-order valence-corrected chi connectivity index (χ0v) is 7.77. The standard InChI is InChI=1S/C9H20N2/c1-3-5-6-7-8-9(4-2)11-10/h3-8,10H2,1-2H3. The molecule has 0 saturated heterocycles. The Morgan fingerprint density at radius 2 is 1.91 bits per heavy atom. The van der Waals surface area contributed by atoms with Crippen LogP contribution in [0.4, 0.5) is 0 Å². The predicted molar refractivity (Wildman–Crippen MR) is 50.7 cm³/mol. The third kappa shape index (κ3) is 5.89. The minimum atomic E-state index is 1.00. The molecule has 66 valence electrons. The van der Waals surface area contributed by atoms with Crippen molar-refractivity contribution in [1.29, 1.82) is 0 Å². The van der Waals surface area contributed by atoms with Crippen molar-refractivity contribution in [1.82, 2.24) is 0 Å². The fourth-order valence-corrected chi connectivity index (χ4v) is 1.09. The van der Waals surface area contributed by atoms with Gasteiger partial charge in [-0.15, -0.1) is 0 Å². The number of hydrogen-bond donors (Lipinski definition) is 1. The van der Waals surface area contributed by atoms with Crippen molar-refractivity contribution >= 4 is 5.71 Å². The highest BCUT2D eigenvalue weighted by Gasteiger charge is 1.94. The van der Waals surface area contributed by atoms with Crippen molar-refractivity contribution in [3.8, 4) is 0 Å². The number of hydrogen-bond acceptors (Lipinski definition) is 2. The smallest absolute Gasteiger partial charge is 0.0373 e. The highest BCUT2D eigenvalue weighted by atomic mass is 15.1. The van der Waals surface area contributed by atoms with Crippen LogP contribution in [-0.2, 0) is 0 Å². The van der Waals surface area contributed by atoms with Gasteiger partial charge in [0, 0.05) is 5.71 Å². The first kappa shape index (κ1) is 10.5. The van der Waals surface area contributed by atoms with E-state index in [1.807, 2.05) is 0 Å². The molecule has 0 aliphatic carbocycles. The molecule has 0 atom stereocenters. The average Bonchev–Trinajstić information content (AvgIpc) is 2.05. The van der Waals surface area contributed by atoms with Crippen LogP contribution >= 0.6 is 0 Å². The first-order valence-corrected chi connectivity index (χ1v) is 4.60. The van der Waals surface area contributed by atoms with Crippen molar-refractivity contribution in [2.24, 2.45) is 10.9 Å². The molecule has 0 aromatic rings. The largest absolute Gasteiger partial charge is 0.323 e. The molecule has 0 radical (unpaired) electrons. The van der Waals surface area contributed by atoms with E-state index in [0.717, 1.165) is 18.6 Å². The van der Waals surface area contributed by atoms with E-state index in [0.29, 0.717) is 0 Å². The lowest BCUT2D eigenvalue weighted by Gasteiger charge is -2.00. The zero-order chi connectivity index (χ0) is 8.53. The van der Waals surface area contributed by atoms with Crippen LogP contribution in [0.1, 0.15) is 52.4 Å². The summed E-state index contributed by atoms with van der Waals surface area (Å²) in [7, 11) is 0. The van der Waals surface area contributed by atoms with Crippen molar-refractivity contribution in [3.63, 3.8) is 0 Å². The summed E-state index contributed by atoms with van der Waals surface area (Å²) in [6.07, 6.45) is 7.28. The fourth-order valence-electron chi connectivity index (χ4n) is 1.09. The van der Waals surface area contributed by atoms with E-state index < -0.39 is 0 Å². The number of nitrogens with zero attached hydrogens (tertiary/aromatic N) is 1. The third-order valence-electron chi connectivity index (χ3n) is 1.91.